The fraction of sp³-hybridized carbons (Fsp3) is 0.741. The molecular weight excluding hydrogens is 457 g/mol. The molecule has 1 spiro atoms. The number of carbonyl (C=O) groups excluding carboxylic acids is 1. The van der Waals surface area contributed by atoms with Gasteiger partial charge in [-0.25, -0.2) is 4.79 Å². The highest BCUT2D eigenvalue weighted by Gasteiger charge is 2.48. The third kappa shape index (κ3) is 7.26. The normalized spacial score (nSPS) is 25.9. The van der Waals surface area contributed by atoms with Crippen LogP contribution in [0.25, 0.3) is 0 Å². The fourth-order valence-electron chi connectivity index (χ4n) is 5.49. The Kier molecular flexibility index (Phi) is 9.39. The van der Waals surface area contributed by atoms with Gasteiger partial charge in [0.05, 0.1) is 16.1 Å². The first-order chi connectivity index (χ1) is 15.6. The van der Waals surface area contributed by atoms with E-state index in [1.807, 2.05) is 37.8 Å². The summed E-state index contributed by atoms with van der Waals surface area (Å²) in [6, 6.07) is 6.04. The summed E-state index contributed by atoms with van der Waals surface area (Å²) in [5.41, 5.74) is 0.740. The van der Waals surface area contributed by atoms with E-state index in [1.54, 1.807) is 0 Å². The summed E-state index contributed by atoms with van der Waals surface area (Å²) in [4.78, 5) is 14.8. The number of unbranched alkanes of at least 4 members (excludes halogenated alkanes) is 3. The number of halogens is 2. The molecule has 3 unspecified atom stereocenters. The maximum atomic E-state index is 12.8. The first-order valence-electron chi connectivity index (χ1n) is 12.7. The Bertz CT molecular complexity index is 794. The minimum atomic E-state index is -0.490. The monoisotopic (exact) mass is 497 g/mol. The van der Waals surface area contributed by atoms with Crippen LogP contribution in [0.1, 0.15) is 97.0 Å². The first-order valence-corrected chi connectivity index (χ1v) is 13.4. The summed E-state index contributed by atoms with van der Waals surface area (Å²) in [6.07, 6.45) is 10.1. The zero-order chi connectivity index (χ0) is 24.1. The molecule has 1 saturated carbocycles. The van der Waals surface area contributed by atoms with E-state index in [9.17, 15) is 4.79 Å². The van der Waals surface area contributed by atoms with Gasteiger partial charge in [0, 0.05) is 19.7 Å². The third-order valence-corrected chi connectivity index (χ3v) is 7.95. The van der Waals surface area contributed by atoms with Crippen molar-refractivity contribution >= 4 is 29.3 Å². The highest BCUT2D eigenvalue weighted by molar-refractivity contribution is 6.42. The molecule has 3 atom stereocenters. The van der Waals surface area contributed by atoms with Crippen LogP contribution >= 0.6 is 23.2 Å². The zero-order valence-electron chi connectivity index (χ0n) is 20.8. The van der Waals surface area contributed by atoms with Crippen LogP contribution in [-0.2, 0) is 9.47 Å². The van der Waals surface area contributed by atoms with Crippen LogP contribution < -0.4 is 0 Å². The van der Waals surface area contributed by atoms with Crippen LogP contribution in [0.2, 0.25) is 10.0 Å². The van der Waals surface area contributed by atoms with Crippen LogP contribution in [0, 0.1) is 5.41 Å². The quantitative estimate of drug-likeness (QED) is 0.355. The molecule has 0 N–H and O–H groups in total. The Morgan fingerprint density at radius 3 is 2.58 bits per heavy atom. The Labute approximate surface area is 210 Å². The molecule has 0 radical (unpaired) electrons. The van der Waals surface area contributed by atoms with E-state index in [0.717, 1.165) is 58.2 Å². The number of rotatable bonds is 7. The van der Waals surface area contributed by atoms with Crippen molar-refractivity contribution in [2.75, 3.05) is 19.7 Å². The standard InChI is InChI=1S/C27H41Cl2NO3/c1-5-6-7-8-17-32-21-10-11-22(20-9-12-23(28)24(29)18-20)27(14-13-21)15-16-30(19-27)25(31)33-26(2,3)4/h9,12,18,21-22H,5-8,10-11,13-17,19H2,1-4H3. The molecule has 6 heteroatoms. The van der Waals surface area contributed by atoms with Crippen molar-refractivity contribution in [1.82, 2.24) is 4.90 Å². The summed E-state index contributed by atoms with van der Waals surface area (Å²) in [7, 11) is 0. The van der Waals surface area contributed by atoms with Gasteiger partial charge in [-0.2, -0.15) is 0 Å². The molecular formula is C27H41Cl2NO3. The largest absolute Gasteiger partial charge is 0.444 e. The summed E-state index contributed by atoms with van der Waals surface area (Å²) in [5, 5.41) is 1.18. The lowest BCUT2D eigenvalue weighted by molar-refractivity contribution is 0.0256. The highest BCUT2D eigenvalue weighted by Crippen LogP contribution is 2.52. The Hall–Kier alpha value is -0.970. The Morgan fingerprint density at radius 2 is 1.88 bits per heavy atom. The van der Waals surface area contributed by atoms with Crippen LogP contribution in [0.4, 0.5) is 4.79 Å². The van der Waals surface area contributed by atoms with Crippen LogP contribution in [0.15, 0.2) is 18.2 Å². The van der Waals surface area contributed by atoms with E-state index in [2.05, 4.69) is 13.0 Å². The number of hydrogen-bond acceptors (Lipinski definition) is 3. The van der Waals surface area contributed by atoms with Gasteiger partial charge in [-0.05, 0) is 88.3 Å². The van der Waals surface area contributed by atoms with Crippen LogP contribution in [-0.4, -0.2) is 42.4 Å². The molecule has 1 aromatic rings. The van der Waals surface area contributed by atoms with Gasteiger partial charge in [-0.1, -0.05) is 55.5 Å². The molecule has 4 nitrogen and oxygen atoms in total. The lowest BCUT2D eigenvalue weighted by Crippen LogP contribution is -2.38. The lowest BCUT2D eigenvalue weighted by atomic mass is 9.68. The molecule has 0 bridgehead atoms. The average molecular weight is 499 g/mol. The molecule has 1 amide bonds. The molecule has 1 aromatic carbocycles. The average Bonchev–Trinajstić information content (AvgIpc) is 3.09. The molecule has 186 valence electrons. The van der Waals surface area contributed by atoms with E-state index < -0.39 is 5.60 Å². The Morgan fingerprint density at radius 1 is 1.09 bits per heavy atom. The number of likely N-dealkylation sites (tertiary alicyclic amines) is 1. The van der Waals surface area contributed by atoms with Crippen molar-refractivity contribution in [2.24, 2.45) is 5.41 Å². The van der Waals surface area contributed by atoms with Gasteiger partial charge in [-0.3, -0.25) is 0 Å². The topological polar surface area (TPSA) is 38.8 Å². The minimum Gasteiger partial charge on any atom is -0.444 e. The molecule has 1 aliphatic carbocycles. The van der Waals surface area contributed by atoms with Crippen molar-refractivity contribution in [3.8, 4) is 0 Å². The van der Waals surface area contributed by atoms with Crippen molar-refractivity contribution < 1.29 is 14.3 Å². The fourth-order valence-corrected chi connectivity index (χ4v) is 5.79. The van der Waals surface area contributed by atoms with Gasteiger partial charge in [-0.15, -0.1) is 0 Å². The first kappa shape index (κ1) is 26.6. The van der Waals surface area contributed by atoms with Crippen molar-refractivity contribution in [2.45, 2.75) is 103 Å². The number of nitrogens with zero attached hydrogens (tertiary/aromatic N) is 1. The van der Waals surface area contributed by atoms with E-state index >= 15 is 0 Å². The van der Waals surface area contributed by atoms with Gasteiger partial charge >= 0.3 is 6.09 Å². The molecule has 1 saturated heterocycles. The maximum absolute atomic E-state index is 12.8. The number of amides is 1. The Balaban J connectivity index is 1.76. The number of ether oxygens (including phenoxy) is 2. The van der Waals surface area contributed by atoms with E-state index in [-0.39, 0.29) is 17.6 Å². The molecule has 0 aromatic heterocycles. The summed E-state index contributed by atoms with van der Waals surface area (Å²) in [5.74, 6) is 0.313. The number of hydrogen-bond donors (Lipinski definition) is 0. The number of benzene rings is 1. The zero-order valence-corrected chi connectivity index (χ0v) is 22.3. The van der Waals surface area contributed by atoms with Crippen LogP contribution in [0.3, 0.4) is 0 Å². The molecule has 2 aliphatic rings. The molecule has 1 aliphatic heterocycles. The van der Waals surface area contributed by atoms with Crippen LogP contribution in [0.5, 0.6) is 0 Å². The number of carbonyl (C=O) groups is 1. The van der Waals surface area contributed by atoms with Gasteiger partial charge < -0.3 is 14.4 Å². The molecule has 1 heterocycles. The minimum absolute atomic E-state index is 0.00832. The smallest absolute Gasteiger partial charge is 0.410 e. The molecule has 33 heavy (non-hydrogen) atoms. The van der Waals surface area contributed by atoms with E-state index in [4.69, 9.17) is 32.7 Å². The van der Waals surface area contributed by atoms with E-state index in [0.29, 0.717) is 16.0 Å². The van der Waals surface area contributed by atoms with Crippen molar-refractivity contribution in [3.63, 3.8) is 0 Å². The second kappa shape index (κ2) is 11.6. The predicted molar refractivity (Wildman–Crippen MR) is 136 cm³/mol. The van der Waals surface area contributed by atoms with Crippen molar-refractivity contribution in [3.05, 3.63) is 33.8 Å². The van der Waals surface area contributed by atoms with Crippen molar-refractivity contribution in [1.29, 1.82) is 0 Å². The van der Waals surface area contributed by atoms with Gasteiger partial charge in [0.25, 0.3) is 0 Å². The van der Waals surface area contributed by atoms with Gasteiger partial charge in [0.2, 0.25) is 0 Å². The lowest BCUT2D eigenvalue weighted by Gasteiger charge is -2.37. The third-order valence-electron chi connectivity index (χ3n) is 7.22. The summed E-state index contributed by atoms with van der Waals surface area (Å²) in [6.45, 7) is 10.3. The summed E-state index contributed by atoms with van der Waals surface area (Å²) < 4.78 is 12.0. The molecule has 3 rings (SSSR count). The van der Waals surface area contributed by atoms with Gasteiger partial charge in [0.1, 0.15) is 5.60 Å². The second-order valence-electron chi connectivity index (χ2n) is 10.9. The van der Waals surface area contributed by atoms with E-state index in [1.165, 1.54) is 24.8 Å². The SMILES string of the molecule is CCCCCCOC1CCC(c2ccc(Cl)c(Cl)c2)C2(CC1)CCN(C(=O)OC(C)(C)C)C2. The predicted octanol–water partition coefficient (Wildman–Crippen LogP) is 8.24. The van der Waals surface area contributed by atoms with Gasteiger partial charge in [0.15, 0.2) is 0 Å². The summed E-state index contributed by atoms with van der Waals surface area (Å²) >= 11 is 12.6. The molecule has 2 fully saturated rings. The highest BCUT2D eigenvalue weighted by atomic mass is 35.5. The second-order valence-corrected chi connectivity index (χ2v) is 11.7. The maximum Gasteiger partial charge on any atom is 0.410 e.